The second-order valence-corrected chi connectivity index (χ2v) is 11.4. The van der Waals surface area contributed by atoms with Gasteiger partial charge < -0.3 is 14.4 Å². The van der Waals surface area contributed by atoms with Crippen molar-refractivity contribution in [1.29, 1.82) is 0 Å². The molecule has 0 bridgehead atoms. The summed E-state index contributed by atoms with van der Waals surface area (Å²) in [6.45, 7) is 6.63. The van der Waals surface area contributed by atoms with Crippen LogP contribution in [0.25, 0.3) is 16.6 Å². The van der Waals surface area contributed by atoms with E-state index in [-0.39, 0.29) is 17.4 Å². The Morgan fingerprint density at radius 2 is 1.48 bits per heavy atom. The van der Waals surface area contributed by atoms with E-state index in [0.29, 0.717) is 54.0 Å². The van der Waals surface area contributed by atoms with E-state index in [9.17, 15) is 9.59 Å². The van der Waals surface area contributed by atoms with Gasteiger partial charge in [-0.15, -0.1) is 0 Å². The third kappa shape index (κ3) is 6.69. The van der Waals surface area contributed by atoms with Gasteiger partial charge in [0, 0.05) is 6.54 Å². The third-order valence-corrected chi connectivity index (χ3v) is 8.75. The molecule has 0 N–H and O–H groups in total. The maximum absolute atomic E-state index is 14.7. The fraction of sp³-hybridized carbons (Fsp3) is 0.308. The molecule has 4 aromatic carbocycles. The van der Waals surface area contributed by atoms with E-state index in [1.165, 1.54) is 5.56 Å². The van der Waals surface area contributed by atoms with Crippen LogP contribution in [0.15, 0.2) is 102 Å². The van der Waals surface area contributed by atoms with Crippen LogP contribution in [0.4, 0.5) is 0 Å². The Morgan fingerprint density at radius 1 is 0.804 bits per heavy atom. The Balaban J connectivity index is 1.66. The van der Waals surface area contributed by atoms with Gasteiger partial charge in [0.25, 0.3) is 5.56 Å². The molecule has 5 rings (SSSR count). The Kier molecular flexibility index (Phi) is 10.5. The number of fused-ring (bicyclic) bond motifs is 1. The van der Waals surface area contributed by atoms with Gasteiger partial charge in [-0.3, -0.25) is 14.2 Å². The molecule has 0 radical (unpaired) electrons. The third-order valence-electron chi connectivity index (χ3n) is 8.75. The van der Waals surface area contributed by atoms with Crippen LogP contribution in [0.1, 0.15) is 68.1 Å². The summed E-state index contributed by atoms with van der Waals surface area (Å²) >= 11 is 0. The highest BCUT2D eigenvalue weighted by Crippen LogP contribution is 2.33. The first-order chi connectivity index (χ1) is 22.4. The van der Waals surface area contributed by atoms with Crippen LogP contribution in [0.2, 0.25) is 0 Å². The van der Waals surface area contributed by atoms with Crippen molar-refractivity contribution in [2.45, 2.75) is 58.4 Å². The molecule has 0 aliphatic carbocycles. The summed E-state index contributed by atoms with van der Waals surface area (Å²) < 4.78 is 12.7. The van der Waals surface area contributed by atoms with E-state index in [1.807, 2.05) is 109 Å². The van der Waals surface area contributed by atoms with Crippen LogP contribution in [-0.4, -0.2) is 41.1 Å². The number of methoxy groups -OCH3 is 2. The zero-order valence-electron chi connectivity index (χ0n) is 27.4. The summed E-state index contributed by atoms with van der Waals surface area (Å²) in [4.78, 5) is 36.0. The maximum Gasteiger partial charge on any atom is 0.266 e. The van der Waals surface area contributed by atoms with Gasteiger partial charge in [-0.2, -0.15) is 0 Å². The number of rotatable bonds is 13. The van der Waals surface area contributed by atoms with Gasteiger partial charge in [0.2, 0.25) is 5.91 Å². The Hall–Kier alpha value is -4.91. The fourth-order valence-corrected chi connectivity index (χ4v) is 6.19. The molecule has 0 aliphatic heterocycles. The number of carbonyl (C=O) groups is 1. The first-order valence-corrected chi connectivity index (χ1v) is 16.1. The van der Waals surface area contributed by atoms with E-state index < -0.39 is 6.04 Å². The number of carbonyl (C=O) groups excluding carboxylic acids is 1. The molecule has 5 aromatic rings. The van der Waals surface area contributed by atoms with E-state index in [4.69, 9.17) is 14.5 Å². The highest BCUT2D eigenvalue weighted by atomic mass is 16.5. The Bertz CT molecular complexity index is 1830. The number of para-hydroxylation sites is 1. The fourth-order valence-electron chi connectivity index (χ4n) is 6.19. The van der Waals surface area contributed by atoms with Crippen LogP contribution >= 0.6 is 0 Å². The molecule has 1 aromatic heterocycles. The number of nitrogens with zero attached hydrogens (tertiary/aromatic N) is 3. The number of hydrogen-bond acceptors (Lipinski definition) is 5. The van der Waals surface area contributed by atoms with Crippen LogP contribution < -0.4 is 15.0 Å². The van der Waals surface area contributed by atoms with Crippen LogP contribution in [-0.2, 0) is 17.6 Å². The van der Waals surface area contributed by atoms with E-state index in [2.05, 4.69) is 13.8 Å². The maximum atomic E-state index is 14.7. The number of aryl methyl sites for hydroxylation is 1. The van der Waals surface area contributed by atoms with Gasteiger partial charge in [-0.1, -0.05) is 81.4 Å². The van der Waals surface area contributed by atoms with Gasteiger partial charge in [-0.25, -0.2) is 4.98 Å². The highest BCUT2D eigenvalue weighted by molar-refractivity contribution is 5.84. The molecule has 7 heteroatoms. The first-order valence-electron chi connectivity index (χ1n) is 16.1. The number of hydrogen-bond donors (Lipinski definition) is 0. The summed E-state index contributed by atoms with van der Waals surface area (Å²) in [5.74, 6) is 1.51. The monoisotopic (exact) mass is 617 g/mol. The number of benzene rings is 4. The van der Waals surface area contributed by atoms with Crippen molar-refractivity contribution in [2.24, 2.45) is 0 Å². The standard InChI is InChI=1S/C39H43N3O4/c1-6-27-18-21-30(22-19-27)42-37(40-33-17-13-12-16-32(33)39(42)44)34(8-3)41(38(43)31(7-2)29-14-10-9-11-15-29)25-24-28-20-23-35(45-4)36(26-28)46-5/h9-23,26,31,34H,6-8,24-25H2,1-5H3. The van der Waals surface area contributed by atoms with Crippen LogP contribution in [0.5, 0.6) is 11.5 Å². The van der Waals surface area contributed by atoms with E-state index in [1.54, 1.807) is 18.8 Å². The molecule has 2 atom stereocenters. The van der Waals surface area contributed by atoms with Gasteiger partial charge in [0.1, 0.15) is 5.82 Å². The molecule has 1 heterocycles. The zero-order chi connectivity index (χ0) is 32.6. The zero-order valence-corrected chi connectivity index (χ0v) is 27.4. The second kappa shape index (κ2) is 14.9. The van der Waals surface area contributed by atoms with Crippen molar-refractivity contribution in [3.05, 3.63) is 130 Å². The molecule has 0 spiro atoms. The van der Waals surface area contributed by atoms with E-state index >= 15 is 0 Å². The minimum absolute atomic E-state index is 0.0105. The topological polar surface area (TPSA) is 73.7 Å². The normalized spacial score (nSPS) is 12.5. The highest BCUT2D eigenvalue weighted by Gasteiger charge is 2.33. The van der Waals surface area contributed by atoms with Gasteiger partial charge >= 0.3 is 0 Å². The summed E-state index contributed by atoms with van der Waals surface area (Å²) in [6.07, 6.45) is 2.69. The van der Waals surface area contributed by atoms with Gasteiger partial charge in [0.15, 0.2) is 11.5 Å². The van der Waals surface area contributed by atoms with Crippen molar-refractivity contribution >= 4 is 16.8 Å². The average Bonchev–Trinajstić information content (AvgIpc) is 3.10. The predicted molar refractivity (Wildman–Crippen MR) is 184 cm³/mol. The summed E-state index contributed by atoms with van der Waals surface area (Å²) in [5.41, 5.74) is 4.36. The molecule has 46 heavy (non-hydrogen) atoms. The van der Waals surface area contributed by atoms with Crippen molar-refractivity contribution in [2.75, 3.05) is 20.8 Å². The molecule has 7 nitrogen and oxygen atoms in total. The molecular weight excluding hydrogens is 574 g/mol. The second-order valence-electron chi connectivity index (χ2n) is 11.4. The lowest BCUT2D eigenvalue weighted by Crippen LogP contribution is -2.42. The quantitative estimate of drug-likeness (QED) is 0.136. The van der Waals surface area contributed by atoms with Crippen LogP contribution in [0.3, 0.4) is 0 Å². The number of ether oxygens (including phenoxy) is 2. The van der Waals surface area contributed by atoms with Crippen molar-refractivity contribution in [3.8, 4) is 17.2 Å². The molecule has 238 valence electrons. The molecule has 0 saturated carbocycles. The number of amides is 1. The first kappa shape index (κ1) is 32.5. The van der Waals surface area contributed by atoms with Crippen molar-refractivity contribution in [1.82, 2.24) is 14.5 Å². The minimum Gasteiger partial charge on any atom is -0.493 e. The molecule has 0 aliphatic rings. The summed E-state index contributed by atoms with van der Waals surface area (Å²) in [5, 5.41) is 0.541. The van der Waals surface area contributed by atoms with Gasteiger partial charge in [-0.05, 0) is 78.8 Å². The lowest BCUT2D eigenvalue weighted by Gasteiger charge is -2.35. The smallest absolute Gasteiger partial charge is 0.266 e. The lowest BCUT2D eigenvalue weighted by atomic mass is 9.93. The van der Waals surface area contributed by atoms with Crippen molar-refractivity contribution < 1.29 is 14.3 Å². The van der Waals surface area contributed by atoms with Gasteiger partial charge in [0.05, 0.1) is 42.8 Å². The predicted octanol–water partition coefficient (Wildman–Crippen LogP) is 7.68. The Morgan fingerprint density at radius 3 is 2.13 bits per heavy atom. The van der Waals surface area contributed by atoms with Crippen LogP contribution in [0, 0.1) is 0 Å². The molecule has 0 fully saturated rings. The molecular formula is C39H43N3O4. The number of aromatic nitrogens is 2. The SMILES string of the molecule is CCc1ccc(-n2c(C(CC)N(CCc3ccc(OC)c(OC)c3)C(=O)C(CC)c3ccccc3)nc3ccccc3c2=O)cc1. The van der Waals surface area contributed by atoms with E-state index in [0.717, 1.165) is 23.2 Å². The largest absolute Gasteiger partial charge is 0.493 e. The van der Waals surface area contributed by atoms with Crippen molar-refractivity contribution in [3.63, 3.8) is 0 Å². The lowest BCUT2D eigenvalue weighted by molar-refractivity contribution is -0.135. The Labute approximate surface area is 271 Å². The molecule has 2 unspecified atom stereocenters. The molecule has 1 amide bonds. The average molecular weight is 618 g/mol. The summed E-state index contributed by atoms with van der Waals surface area (Å²) in [6, 6.07) is 30.8. The minimum atomic E-state index is -0.464. The molecule has 0 saturated heterocycles. The summed E-state index contributed by atoms with van der Waals surface area (Å²) in [7, 11) is 3.23.